The SMILES string of the molecule is CCc1cccc(CNCC(O)C(Cc2cc(F)cc(F)c2)NC(=O)c2ccnc(N(CCO)S(C)(=O)=O)c2)c1. The Labute approximate surface area is 232 Å². The number of nitrogens with zero attached hydrogens (tertiary/aromatic N) is 2. The maximum Gasteiger partial charge on any atom is 0.251 e. The van der Waals surface area contributed by atoms with E-state index in [9.17, 15) is 32.2 Å². The second-order valence-corrected chi connectivity index (χ2v) is 11.3. The van der Waals surface area contributed by atoms with Gasteiger partial charge in [0.25, 0.3) is 5.91 Å². The van der Waals surface area contributed by atoms with Crippen molar-refractivity contribution in [3.05, 3.63) is 94.7 Å². The fourth-order valence-corrected chi connectivity index (χ4v) is 5.07. The molecule has 2 aromatic carbocycles. The van der Waals surface area contributed by atoms with E-state index in [1.54, 1.807) is 0 Å². The summed E-state index contributed by atoms with van der Waals surface area (Å²) in [6, 6.07) is 12.6. The molecule has 3 rings (SSSR count). The Kier molecular flexibility index (Phi) is 11.1. The highest BCUT2D eigenvalue weighted by molar-refractivity contribution is 7.92. The number of aliphatic hydroxyl groups excluding tert-OH is 2. The van der Waals surface area contributed by atoms with E-state index >= 15 is 0 Å². The average molecular weight is 577 g/mol. The van der Waals surface area contributed by atoms with Crippen LogP contribution in [-0.2, 0) is 29.4 Å². The number of carbonyl (C=O) groups is 1. The zero-order valence-corrected chi connectivity index (χ0v) is 23.2. The van der Waals surface area contributed by atoms with E-state index in [-0.39, 0.29) is 36.5 Å². The molecule has 3 aromatic rings. The summed E-state index contributed by atoms with van der Waals surface area (Å²) in [5, 5.41) is 26.1. The Hall–Kier alpha value is -3.45. The van der Waals surface area contributed by atoms with Gasteiger partial charge in [0, 0.05) is 30.9 Å². The van der Waals surface area contributed by atoms with E-state index in [0.717, 1.165) is 40.7 Å². The van der Waals surface area contributed by atoms with Gasteiger partial charge in [-0.3, -0.25) is 9.10 Å². The van der Waals surface area contributed by atoms with E-state index in [2.05, 4.69) is 22.5 Å². The molecule has 1 aromatic heterocycles. The molecule has 0 spiro atoms. The first kappa shape index (κ1) is 31.1. The summed E-state index contributed by atoms with van der Waals surface area (Å²) >= 11 is 0. The molecule has 0 saturated carbocycles. The number of sulfonamides is 1. The predicted octanol–water partition coefficient (Wildman–Crippen LogP) is 2.17. The van der Waals surface area contributed by atoms with Crippen LogP contribution in [0.15, 0.2) is 60.8 Å². The molecule has 0 saturated heterocycles. The monoisotopic (exact) mass is 576 g/mol. The third-order valence-electron chi connectivity index (χ3n) is 6.21. The lowest BCUT2D eigenvalue weighted by molar-refractivity contribution is 0.0829. The third kappa shape index (κ3) is 9.05. The van der Waals surface area contributed by atoms with Crippen LogP contribution in [0.25, 0.3) is 0 Å². The fourth-order valence-electron chi connectivity index (χ4n) is 4.22. The maximum atomic E-state index is 13.9. The van der Waals surface area contributed by atoms with Crippen molar-refractivity contribution < 1.29 is 32.2 Å². The second-order valence-electron chi connectivity index (χ2n) is 9.39. The molecule has 2 atom stereocenters. The molecule has 0 radical (unpaired) electrons. The lowest BCUT2D eigenvalue weighted by Gasteiger charge is -2.25. The molecule has 40 heavy (non-hydrogen) atoms. The van der Waals surface area contributed by atoms with E-state index < -0.39 is 46.3 Å². The molecular weight excluding hydrogens is 542 g/mol. The first-order chi connectivity index (χ1) is 19.0. The molecule has 216 valence electrons. The molecule has 9 nitrogen and oxygen atoms in total. The smallest absolute Gasteiger partial charge is 0.251 e. The number of aliphatic hydroxyl groups is 2. The summed E-state index contributed by atoms with van der Waals surface area (Å²) in [6.07, 6.45) is 1.86. The first-order valence-electron chi connectivity index (χ1n) is 12.8. The Balaban J connectivity index is 1.79. The molecule has 0 aliphatic carbocycles. The van der Waals surface area contributed by atoms with Crippen LogP contribution in [0.3, 0.4) is 0 Å². The number of anilines is 1. The van der Waals surface area contributed by atoms with Crippen molar-refractivity contribution in [1.82, 2.24) is 15.6 Å². The molecule has 0 aliphatic heterocycles. The van der Waals surface area contributed by atoms with Gasteiger partial charge in [-0.1, -0.05) is 31.2 Å². The summed E-state index contributed by atoms with van der Waals surface area (Å²) < 4.78 is 52.9. The van der Waals surface area contributed by atoms with Gasteiger partial charge in [-0.2, -0.15) is 0 Å². The summed E-state index contributed by atoms with van der Waals surface area (Å²) in [4.78, 5) is 17.2. The number of aromatic nitrogens is 1. The maximum absolute atomic E-state index is 13.9. The first-order valence-corrected chi connectivity index (χ1v) is 14.6. The van der Waals surface area contributed by atoms with Crippen LogP contribution in [0.5, 0.6) is 0 Å². The van der Waals surface area contributed by atoms with Crippen molar-refractivity contribution in [2.75, 3.05) is 30.3 Å². The normalized spacial score (nSPS) is 13.1. The van der Waals surface area contributed by atoms with Gasteiger partial charge in [-0.15, -0.1) is 0 Å². The summed E-state index contributed by atoms with van der Waals surface area (Å²) in [5.41, 5.74) is 2.47. The predicted molar refractivity (Wildman–Crippen MR) is 148 cm³/mol. The van der Waals surface area contributed by atoms with Crippen LogP contribution < -0.4 is 14.9 Å². The Morgan fingerprint density at radius 1 is 1.05 bits per heavy atom. The minimum absolute atomic E-state index is 0.0450. The van der Waals surface area contributed by atoms with Gasteiger partial charge in [0.05, 0.1) is 31.6 Å². The number of pyridine rings is 1. The lowest BCUT2D eigenvalue weighted by Crippen LogP contribution is -2.48. The second kappa shape index (κ2) is 14.3. The zero-order valence-electron chi connectivity index (χ0n) is 22.3. The van der Waals surface area contributed by atoms with E-state index in [4.69, 9.17) is 0 Å². The van der Waals surface area contributed by atoms with Crippen molar-refractivity contribution in [3.63, 3.8) is 0 Å². The number of aryl methyl sites for hydroxylation is 1. The van der Waals surface area contributed by atoms with Crippen LogP contribution in [0.2, 0.25) is 0 Å². The molecular formula is C28H34F2N4O5S. The van der Waals surface area contributed by atoms with Gasteiger partial charge >= 0.3 is 0 Å². The Morgan fingerprint density at radius 2 is 1.75 bits per heavy atom. The highest BCUT2D eigenvalue weighted by atomic mass is 32.2. The van der Waals surface area contributed by atoms with E-state index in [0.29, 0.717) is 6.54 Å². The van der Waals surface area contributed by atoms with Gasteiger partial charge < -0.3 is 20.8 Å². The molecule has 1 heterocycles. The third-order valence-corrected chi connectivity index (χ3v) is 7.38. The molecule has 4 N–H and O–H groups in total. The highest BCUT2D eigenvalue weighted by Gasteiger charge is 2.24. The number of nitrogens with one attached hydrogen (secondary N) is 2. The highest BCUT2D eigenvalue weighted by Crippen LogP contribution is 2.17. The van der Waals surface area contributed by atoms with Crippen molar-refractivity contribution in [2.24, 2.45) is 0 Å². The summed E-state index contributed by atoms with van der Waals surface area (Å²) in [6.45, 7) is 1.87. The lowest BCUT2D eigenvalue weighted by atomic mass is 10.00. The Morgan fingerprint density at radius 3 is 2.40 bits per heavy atom. The number of carbonyl (C=O) groups excluding carboxylic acids is 1. The largest absolute Gasteiger partial charge is 0.394 e. The van der Waals surface area contributed by atoms with Crippen LogP contribution in [0.1, 0.15) is 34.0 Å². The zero-order chi connectivity index (χ0) is 29.3. The number of benzene rings is 2. The van der Waals surface area contributed by atoms with Crippen LogP contribution in [0.4, 0.5) is 14.6 Å². The minimum Gasteiger partial charge on any atom is -0.394 e. The van der Waals surface area contributed by atoms with E-state index in [1.165, 1.54) is 23.9 Å². The van der Waals surface area contributed by atoms with Gasteiger partial charge in [-0.25, -0.2) is 22.2 Å². The summed E-state index contributed by atoms with van der Waals surface area (Å²) in [5.74, 6) is -2.29. The molecule has 2 unspecified atom stereocenters. The van der Waals surface area contributed by atoms with Gasteiger partial charge in [0.15, 0.2) is 0 Å². The fraction of sp³-hybridized carbons (Fsp3) is 0.357. The molecule has 12 heteroatoms. The molecule has 1 amide bonds. The van der Waals surface area contributed by atoms with Gasteiger partial charge in [-0.05, 0) is 53.8 Å². The standard InChI is InChI=1S/C28H34F2N4O5S/c1-3-19-5-4-6-20(11-19)17-31-18-26(36)25(14-21-12-23(29)16-24(30)13-21)33-28(37)22-7-8-32-27(15-22)34(9-10-35)40(2,38)39/h4-8,11-13,15-16,25-26,31,35-36H,3,9-10,14,17-18H2,1-2H3,(H,33,37). The van der Waals surface area contributed by atoms with Crippen LogP contribution >= 0.6 is 0 Å². The van der Waals surface area contributed by atoms with Crippen LogP contribution in [-0.4, -0.2) is 67.6 Å². The van der Waals surface area contributed by atoms with Crippen molar-refractivity contribution in [3.8, 4) is 0 Å². The number of rotatable bonds is 14. The Bertz CT molecular complexity index is 1390. The molecule has 0 aliphatic rings. The average Bonchev–Trinajstić information content (AvgIpc) is 2.90. The number of halogens is 2. The van der Waals surface area contributed by atoms with E-state index in [1.807, 2.05) is 24.3 Å². The van der Waals surface area contributed by atoms with Crippen molar-refractivity contribution in [2.45, 2.75) is 38.5 Å². The van der Waals surface area contributed by atoms with Crippen LogP contribution in [0, 0.1) is 11.6 Å². The number of hydrogen-bond acceptors (Lipinski definition) is 7. The number of hydrogen-bond donors (Lipinski definition) is 4. The van der Waals surface area contributed by atoms with Gasteiger partial charge in [0.1, 0.15) is 17.5 Å². The van der Waals surface area contributed by atoms with Gasteiger partial charge in [0.2, 0.25) is 10.0 Å². The minimum atomic E-state index is -3.79. The quantitative estimate of drug-likeness (QED) is 0.231. The van der Waals surface area contributed by atoms with Crippen molar-refractivity contribution in [1.29, 1.82) is 0 Å². The topological polar surface area (TPSA) is 132 Å². The molecule has 0 bridgehead atoms. The van der Waals surface area contributed by atoms with Crippen molar-refractivity contribution >= 4 is 21.7 Å². The molecule has 0 fully saturated rings. The summed E-state index contributed by atoms with van der Waals surface area (Å²) in [7, 11) is -3.79. The number of amides is 1.